The molecule has 0 saturated heterocycles. The summed E-state index contributed by atoms with van der Waals surface area (Å²) in [5, 5.41) is 8.58. The highest BCUT2D eigenvalue weighted by Crippen LogP contribution is 2.21. The number of allylic oxidation sites excluding steroid dienone is 2. The summed E-state index contributed by atoms with van der Waals surface area (Å²) in [4.78, 5) is 24.7. The smallest absolute Gasteiger partial charge is 0.341 e. The van der Waals surface area contributed by atoms with Gasteiger partial charge in [0.2, 0.25) is 5.91 Å². The van der Waals surface area contributed by atoms with Crippen molar-refractivity contribution in [2.45, 2.75) is 32.2 Å². The number of hydrogen-bond donors (Lipinski definition) is 1. The summed E-state index contributed by atoms with van der Waals surface area (Å²) in [6.07, 6.45) is 8.09. The topological polar surface area (TPSA) is 66.8 Å². The largest absolute Gasteiger partial charge is 0.482 e. The number of amides is 1. The van der Waals surface area contributed by atoms with Crippen LogP contribution in [0.15, 0.2) is 36.4 Å². The van der Waals surface area contributed by atoms with E-state index in [0.29, 0.717) is 12.3 Å². The number of nitrogens with zero attached hydrogens (tertiary/aromatic N) is 1. The molecule has 5 nitrogen and oxygen atoms in total. The van der Waals surface area contributed by atoms with Gasteiger partial charge in [-0.15, -0.1) is 0 Å². The van der Waals surface area contributed by atoms with Crippen LogP contribution in [0.1, 0.15) is 31.2 Å². The van der Waals surface area contributed by atoms with Crippen molar-refractivity contribution in [3.8, 4) is 5.75 Å². The molecule has 0 heterocycles. The third kappa shape index (κ3) is 5.43. The number of carbonyl (C=O) groups excluding carboxylic acids is 1. The van der Waals surface area contributed by atoms with Gasteiger partial charge in [0.25, 0.3) is 0 Å². The van der Waals surface area contributed by atoms with Crippen molar-refractivity contribution in [3.63, 3.8) is 0 Å². The Morgan fingerprint density at radius 2 is 1.78 bits per heavy atom. The first-order valence-corrected chi connectivity index (χ1v) is 7.90. The van der Waals surface area contributed by atoms with Gasteiger partial charge in [-0.3, -0.25) is 4.79 Å². The molecule has 23 heavy (non-hydrogen) atoms. The Morgan fingerprint density at radius 1 is 1.17 bits per heavy atom. The van der Waals surface area contributed by atoms with Crippen molar-refractivity contribution in [2.75, 3.05) is 13.7 Å². The van der Waals surface area contributed by atoms with E-state index in [1.807, 2.05) is 19.2 Å². The van der Waals surface area contributed by atoms with Gasteiger partial charge < -0.3 is 14.7 Å². The highest BCUT2D eigenvalue weighted by Gasteiger charge is 2.21. The summed E-state index contributed by atoms with van der Waals surface area (Å²) in [7, 11) is 1.83. The average Bonchev–Trinajstić information content (AvgIpc) is 2.82. The number of aliphatic carboxylic acids is 1. The lowest BCUT2D eigenvalue weighted by Gasteiger charge is -2.23. The van der Waals surface area contributed by atoms with Crippen molar-refractivity contribution >= 4 is 11.9 Å². The Morgan fingerprint density at radius 3 is 2.35 bits per heavy atom. The van der Waals surface area contributed by atoms with Crippen LogP contribution in [-0.4, -0.2) is 35.5 Å². The van der Waals surface area contributed by atoms with Crippen molar-refractivity contribution in [3.05, 3.63) is 42.0 Å². The maximum atomic E-state index is 12.5. The number of hydrogen-bond acceptors (Lipinski definition) is 3. The Bertz CT molecular complexity index is 555. The fraction of sp³-hybridized carbons (Fsp3) is 0.444. The van der Waals surface area contributed by atoms with E-state index in [2.05, 4.69) is 12.2 Å². The zero-order chi connectivity index (χ0) is 16.7. The molecule has 5 heteroatoms. The SMILES string of the molecule is CN(Cc1ccc(OCC(=O)O)cc1)C(=O)C1CCC=CCC1. The van der Waals surface area contributed by atoms with Gasteiger partial charge in [-0.05, 0) is 43.4 Å². The molecule has 0 bridgehead atoms. The van der Waals surface area contributed by atoms with E-state index < -0.39 is 5.97 Å². The molecule has 1 aromatic carbocycles. The molecule has 2 rings (SSSR count). The van der Waals surface area contributed by atoms with E-state index in [1.165, 1.54) is 0 Å². The second-order valence-corrected chi connectivity index (χ2v) is 5.84. The predicted molar refractivity (Wildman–Crippen MR) is 87.1 cm³/mol. The fourth-order valence-electron chi connectivity index (χ4n) is 2.72. The van der Waals surface area contributed by atoms with Gasteiger partial charge in [0.1, 0.15) is 5.75 Å². The van der Waals surface area contributed by atoms with Crippen molar-refractivity contribution in [1.82, 2.24) is 4.90 Å². The summed E-state index contributed by atoms with van der Waals surface area (Å²) in [5.41, 5.74) is 0.996. The second-order valence-electron chi connectivity index (χ2n) is 5.84. The van der Waals surface area contributed by atoms with Crippen molar-refractivity contribution in [2.24, 2.45) is 5.92 Å². The number of carboxylic acid groups (broad SMARTS) is 1. The number of ether oxygens (including phenoxy) is 1. The van der Waals surface area contributed by atoms with E-state index in [0.717, 1.165) is 31.2 Å². The minimum absolute atomic E-state index is 0.105. The maximum absolute atomic E-state index is 12.5. The minimum Gasteiger partial charge on any atom is -0.482 e. The van der Waals surface area contributed by atoms with Crippen LogP contribution < -0.4 is 4.74 Å². The van der Waals surface area contributed by atoms with E-state index >= 15 is 0 Å². The second kappa shape index (κ2) is 8.36. The molecule has 1 aliphatic carbocycles. The molecule has 0 saturated carbocycles. The van der Waals surface area contributed by atoms with Crippen LogP contribution in [0, 0.1) is 5.92 Å². The fourth-order valence-corrected chi connectivity index (χ4v) is 2.72. The molecular weight excluding hydrogens is 294 g/mol. The first-order chi connectivity index (χ1) is 11.1. The summed E-state index contributed by atoms with van der Waals surface area (Å²) < 4.78 is 5.10. The predicted octanol–water partition coefficient (Wildman–Crippen LogP) is 2.85. The molecular formula is C18H23NO4. The summed E-state index contributed by atoms with van der Waals surface area (Å²) in [6, 6.07) is 7.17. The molecule has 0 aliphatic heterocycles. The molecule has 124 valence electrons. The van der Waals surface area contributed by atoms with Gasteiger partial charge in [0.15, 0.2) is 6.61 Å². The lowest BCUT2D eigenvalue weighted by atomic mass is 9.98. The summed E-state index contributed by atoms with van der Waals surface area (Å²) in [6.45, 7) is 0.190. The normalized spacial score (nSPS) is 15.0. The zero-order valence-corrected chi connectivity index (χ0v) is 13.4. The Labute approximate surface area is 136 Å². The molecule has 1 aliphatic rings. The molecule has 0 unspecified atom stereocenters. The van der Waals surface area contributed by atoms with Gasteiger partial charge in [-0.2, -0.15) is 0 Å². The number of carboxylic acids is 1. The number of benzene rings is 1. The molecule has 0 fully saturated rings. The molecule has 0 atom stereocenters. The number of rotatable bonds is 6. The monoisotopic (exact) mass is 317 g/mol. The molecule has 1 aromatic rings. The van der Waals surface area contributed by atoms with Gasteiger partial charge in [-0.25, -0.2) is 4.79 Å². The molecule has 0 spiro atoms. The third-order valence-corrected chi connectivity index (χ3v) is 3.96. The van der Waals surface area contributed by atoms with E-state index in [-0.39, 0.29) is 18.4 Å². The molecule has 0 aromatic heterocycles. The highest BCUT2D eigenvalue weighted by atomic mass is 16.5. The molecule has 0 radical (unpaired) electrons. The Hall–Kier alpha value is -2.30. The van der Waals surface area contributed by atoms with Gasteiger partial charge in [-0.1, -0.05) is 24.3 Å². The lowest BCUT2D eigenvalue weighted by Crippen LogP contribution is -2.32. The van der Waals surface area contributed by atoms with Crippen LogP contribution >= 0.6 is 0 Å². The van der Waals surface area contributed by atoms with Gasteiger partial charge >= 0.3 is 5.97 Å². The Balaban J connectivity index is 1.87. The highest BCUT2D eigenvalue weighted by molar-refractivity contribution is 5.78. The van der Waals surface area contributed by atoms with Crippen LogP contribution in [-0.2, 0) is 16.1 Å². The minimum atomic E-state index is -1.00. The van der Waals surface area contributed by atoms with Gasteiger partial charge in [0.05, 0.1) is 0 Å². The van der Waals surface area contributed by atoms with Crippen LogP contribution in [0.4, 0.5) is 0 Å². The number of carbonyl (C=O) groups is 2. The van der Waals surface area contributed by atoms with Crippen LogP contribution in [0.25, 0.3) is 0 Å². The van der Waals surface area contributed by atoms with E-state index in [9.17, 15) is 9.59 Å². The standard InChI is InChI=1S/C18H23NO4/c1-19(18(22)15-6-4-2-3-5-7-15)12-14-8-10-16(11-9-14)23-13-17(20)21/h2-3,8-11,15H,4-7,12-13H2,1H3,(H,20,21). The van der Waals surface area contributed by atoms with Crippen molar-refractivity contribution in [1.29, 1.82) is 0 Å². The average molecular weight is 317 g/mol. The quantitative estimate of drug-likeness (QED) is 0.819. The van der Waals surface area contributed by atoms with Gasteiger partial charge in [0, 0.05) is 19.5 Å². The lowest BCUT2D eigenvalue weighted by molar-refractivity contribution is -0.139. The van der Waals surface area contributed by atoms with E-state index in [1.54, 1.807) is 17.0 Å². The van der Waals surface area contributed by atoms with Crippen LogP contribution in [0.3, 0.4) is 0 Å². The first-order valence-electron chi connectivity index (χ1n) is 7.90. The molecule has 1 N–H and O–H groups in total. The van der Waals surface area contributed by atoms with E-state index in [4.69, 9.17) is 9.84 Å². The Kier molecular flexibility index (Phi) is 6.20. The third-order valence-electron chi connectivity index (χ3n) is 3.96. The first kappa shape index (κ1) is 17.1. The molecule has 1 amide bonds. The summed E-state index contributed by atoms with van der Waals surface area (Å²) in [5.74, 6) is -0.189. The zero-order valence-electron chi connectivity index (χ0n) is 13.4. The summed E-state index contributed by atoms with van der Waals surface area (Å²) >= 11 is 0. The van der Waals surface area contributed by atoms with Crippen LogP contribution in [0.5, 0.6) is 5.75 Å². The maximum Gasteiger partial charge on any atom is 0.341 e. The van der Waals surface area contributed by atoms with Crippen LogP contribution in [0.2, 0.25) is 0 Å². The van der Waals surface area contributed by atoms with Crippen molar-refractivity contribution < 1.29 is 19.4 Å².